The molecule has 5 heteroatoms. The van der Waals surface area contributed by atoms with E-state index in [2.05, 4.69) is 0 Å². The number of hydrogen-bond donors (Lipinski definition) is 1. The average Bonchev–Trinajstić information content (AvgIpc) is 2.23. The molecular weight excluding hydrogens is 226 g/mol. The molecule has 0 spiro atoms. The van der Waals surface area contributed by atoms with Crippen molar-refractivity contribution in [3.8, 4) is 0 Å². The van der Waals surface area contributed by atoms with Crippen LogP contribution in [0.25, 0.3) is 0 Å². The van der Waals surface area contributed by atoms with E-state index in [1.807, 2.05) is 6.92 Å². The van der Waals surface area contributed by atoms with E-state index >= 15 is 0 Å². The van der Waals surface area contributed by atoms with Gasteiger partial charge in [-0.3, -0.25) is 4.79 Å². The predicted molar refractivity (Wildman–Crippen MR) is 66.0 cm³/mol. The molecule has 0 aliphatic heterocycles. The van der Waals surface area contributed by atoms with Gasteiger partial charge >= 0.3 is 0 Å². The van der Waals surface area contributed by atoms with Crippen LogP contribution in [0.5, 0.6) is 0 Å². The summed E-state index contributed by atoms with van der Waals surface area (Å²) in [6.45, 7) is 5.73. The van der Waals surface area contributed by atoms with Gasteiger partial charge in [0, 0.05) is 12.8 Å². The molecule has 0 saturated heterocycles. The van der Waals surface area contributed by atoms with Gasteiger partial charge in [-0.05, 0) is 26.3 Å². The van der Waals surface area contributed by atoms with Gasteiger partial charge in [0.15, 0.2) is 9.84 Å². The minimum atomic E-state index is -3.09. The zero-order chi connectivity index (χ0) is 12.8. The normalized spacial score (nSPS) is 14.1. The number of carbonyl (C=O) groups is 1. The maximum Gasteiger partial charge on any atom is 0.153 e. The van der Waals surface area contributed by atoms with Crippen LogP contribution in [0.2, 0.25) is 0 Å². The number of Topliss-reactive ketones (excluding diaryl/α,β-unsaturated/α-hetero) is 1. The van der Waals surface area contributed by atoms with Crippen LogP contribution in [0.1, 0.15) is 40.0 Å². The zero-order valence-electron chi connectivity index (χ0n) is 10.4. The third kappa shape index (κ3) is 5.61. The smallest absolute Gasteiger partial charge is 0.153 e. The lowest BCUT2D eigenvalue weighted by Crippen LogP contribution is -2.22. The molecule has 0 fully saturated rings. The summed E-state index contributed by atoms with van der Waals surface area (Å²) in [5.74, 6) is 0.153. The summed E-state index contributed by atoms with van der Waals surface area (Å²) >= 11 is 0. The van der Waals surface area contributed by atoms with E-state index in [0.29, 0.717) is 13.0 Å². The van der Waals surface area contributed by atoms with Gasteiger partial charge in [0.1, 0.15) is 5.78 Å². The summed E-state index contributed by atoms with van der Waals surface area (Å²) in [6, 6.07) is 0. The van der Waals surface area contributed by atoms with Gasteiger partial charge in [0.05, 0.1) is 11.0 Å². The van der Waals surface area contributed by atoms with E-state index in [9.17, 15) is 13.2 Å². The molecule has 0 aromatic rings. The highest BCUT2D eigenvalue weighted by molar-refractivity contribution is 7.91. The number of nitrogens with two attached hydrogens (primary N) is 1. The fraction of sp³-hybridized carbons (Fsp3) is 0.909. The van der Waals surface area contributed by atoms with E-state index in [4.69, 9.17) is 5.73 Å². The molecule has 2 N–H and O–H groups in total. The lowest BCUT2D eigenvalue weighted by Gasteiger charge is -2.11. The van der Waals surface area contributed by atoms with Crippen molar-refractivity contribution in [2.24, 2.45) is 11.7 Å². The van der Waals surface area contributed by atoms with Gasteiger partial charge in [-0.25, -0.2) is 8.42 Å². The third-order valence-corrected chi connectivity index (χ3v) is 5.02. The molecule has 0 aliphatic rings. The highest BCUT2D eigenvalue weighted by Gasteiger charge is 2.18. The maximum absolute atomic E-state index is 11.5. The van der Waals surface area contributed by atoms with Crippen molar-refractivity contribution in [3.05, 3.63) is 0 Å². The van der Waals surface area contributed by atoms with Crippen LogP contribution in [-0.2, 0) is 14.6 Å². The SMILES string of the molecule is CCC(CN)CC(=O)CCS(=O)(=O)C(C)C. The lowest BCUT2D eigenvalue weighted by atomic mass is 9.99. The Morgan fingerprint density at radius 2 is 1.88 bits per heavy atom. The lowest BCUT2D eigenvalue weighted by molar-refractivity contribution is -0.119. The molecule has 0 heterocycles. The molecule has 1 atom stereocenters. The van der Waals surface area contributed by atoms with Crippen LogP contribution >= 0.6 is 0 Å². The van der Waals surface area contributed by atoms with Crippen LogP contribution in [0.15, 0.2) is 0 Å². The Morgan fingerprint density at radius 1 is 1.31 bits per heavy atom. The number of ketones is 1. The minimum Gasteiger partial charge on any atom is -0.330 e. The topological polar surface area (TPSA) is 77.2 Å². The Kier molecular flexibility index (Phi) is 6.83. The monoisotopic (exact) mass is 249 g/mol. The van der Waals surface area contributed by atoms with E-state index in [1.54, 1.807) is 13.8 Å². The molecule has 16 heavy (non-hydrogen) atoms. The van der Waals surface area contributed by atoms with E-state index in [-0.39, 0.29) is 23.9 Å². The summed E-state index contributed by atoms with van der Waals surface area (Å²) in [5.41, 5.74) is 5.49. The molecule has 0 rings (SSSR count). The first-order valence-corrected chi connectivity index (χ1v) is 7.48. The molecule has 0 amide bonds. The van der Waals surface area contributed by atoms with Crippen LogP contribution < -0.4 is 5.73 Å². The molecule has 0 aromatic carbocycles. The molecule has 1 unspecified atom stereocenters. The fourth-order valence-electron chi connectivity index (χ4n) is 1.31. The number of rotatable bonds is 8. The Hall–Kier alpha value is -0.420. The standard InChI is InChI=1S/C11H23NO3S/c1-4-10(8-12)7-11(13)5-6-16(14,15)9(2)3/h9-10H,4-8,12H2,1-3H3. The summed E-state index contributed by atoms with van der Waals surface area (Å²) in [4.78, 5) is 11.5. The second kappa shape index (κ2) is 7.01. The van der Waals surface area contributed by atoms with Crippen LogP contribution in [0.4, 0.5) is 0 Å². The van der Waals surface area contributed by atoms with Crippen molar-refractivity contribution in [3.63, 3.8) is 0 Å². The molecule has 0 aromatic heterocycles. The quantitative estimate of drug-likeness (QED) is 0.700. The average molecular weight is 249 g/mol. The van der Waals surface area contributed by atoms with Gasteiger partial charge < -0.3 is 5.73 Å². The molecule has 96 valence electrons. The number of carbonyl (C=O) groups excluding carboxylic acids is 1. The van der Waals surface area contributed by atoms with Crippen molar-refractivity contribution in [1.82, 2.24) is 0 Å². The van der Waals surface area contributed by atoms with Crippen molar-refractivity contribution in [1.29, 1.82) is 0 Å². The van der Waals surface area contributed by atoms with E-state index in [1.165, 1.54) is 0 Å². The van der Waals surface area contributed by atoms with Crippen LogP contribution in [0.3, 0.4) is 0 Å². The Bertz CT molecular complexity index is 305. The van der Waals surface area contributed by atoms with Crippen molar-refractivity contribution in [2.75, 3.05) is 12.3 Å². The van der Waals surface area contributed by atoms with Crippen LogP contribution in [-0.4, -0.2) is 31.7 Å². The first-order chi connectivity index (χ1) is 7.33. The maximum atomic E-state index is 11.5. The number of sulfone groups is 1. The predicted octanol–water partition coefficient (Wildman–Crippen LogP) is 1.14. The summed E-state index contributed by atoms with van der Waals surface area (Å²) in [5, 5.41) is -0.406. The summed E-state index contributed by atoms with van der Waals surface area (Å²) in [6.07, 6.45) is 1.39. The highest BCUT2D eigenvalue weighted by atomic mass is 32.2. The second-order valence-corrected chi connectivity index (χ2v) is 7.10. The minimum absolute atomic E-state index is 0.00141. The van der Waals surface area contributed by atoms with E-state index < -0.39 is 15.1 Å². The Balaban J connectivity index is 4.09. The van der Waals surface area contributed by atoms with Gasteiger partial charge in [-0.15, -0.1) is 0 Å². The largest absolute Gasteiger partial charge is 0.330 e. The van der Waals surface area contributed by atoms with Crippen molar-refractivity contribution in [2.45, 2.75) is 45.3 Å². The first-order valence-electron chi connectivity index (χ1n) is 5.76. The zero-order valence-corrected chi connectivity index (χ0v) is 11.2. The van der Waals surface area contributed by atoms with Gasteiger partial charge in [0.25, 0.3) is 0 Å². The molecule has 0 radical (unpaired) electrons. The molecule has 0 saturated carbocycles. The number of hydrogen-bond acceptors (Lipinski definition) is 4. The van der Waals surface area contributed by atoms with Gasteiger partial charge in [0.2, 0.25) is 0 Å². The Labute approximate surface area is 98.5 Å². The van der Waals surface area contributed by atoms with Crippen molar-refractivity contribution >= 4 is 15.6 Å². The summed E-state index contributed by atoms with van der Waals surface area (Å²) in [7, 11) is -3.09. The van der Waals surface area contributed by atoms with Crippen molar-refractivity contribution < 1.29 is 13.2 Å². The molecule has 0 bridgehead atoms. The van der Waals surface area contributed by atoms with Gasteiger partial charge in [-0.1, -0.05) is 13.3 Å². The van der Waals surface area contributed by atoms with Crippen LogP contribution in [0, 0.1) is 5.92 Å². The molecule has 4 nitrogen and oxygen atoms in total. The first kappa shape index (κ1) is 15.6. The molecule has 0 aliphatic carbocycles. The second-order valence-electron chi connectivity index (χ2n) is 4.42. The molecular formula is C11H23NO3S. The van der Waals surface area contributed by atoms with Gasteiger partial charge in [-0.2, -0.15) is 0 Å². The highest BCUT2D eigenvalue weighted by Crippen LogP contribution is 2.10. The Morgan fingerprint density at radius 3 is 2.25 bits per heavy atom. The third-order valence-electron chi connectivity index (χ3n) is 2.81. The summed E-state index contributed by atoms with van der Waals surface area (Å²) < 4.78 is 23.0. The van der Waals surface area contributed by atoms with E-state index in [0.717, 1.165) is 6.42 Å². The fourth-order valence-corrected chi connectivity index (χ4v) is 2.29.